The third kappa shape index (κ3) is 4.14. The number of phenolic OH excluding ortho intramolecular Hbond substituents is 1. The normalized spacial score (nSPS) is 11.0. The van der Waals surface area contributed by atoms with Crippen LogP contribution in [-0.2, 0) is 6.18 Å². The van der Waals surface area contributed by atoms with E-state index >= 15 is 0 Å². The number of hydrogen-bond acceptors (Lipinski definition) is 4. The van der Waals surface area contributed by atoms with Gasteiger partial charge in [-0.25, -0.2) is 4.79 Å². The Labute approximate surface area is 138 Å². The van der Waals surface area contributed by atoms with E-state index in [0.717, 1.165) is 18.2 Å². The molecule has 0 bridgehead atoms. The first kappa shape index (κ1) is 18.0. The van der Waals surface area contributed by atoms with Gasteiger partial charge in [0.25, 0.3) is 11.8 Å². The molecule has 0 aromatic heterocycles. The fraction of sp³-hybridized carbons (Fsp3) is 0.0625. The lowest BCUT2D eigenvalue weighted by Gasteiger charge is -2.10. The third-order valence-corrected chi connectivity index (χ3v) is 3.19. The number of alkyl halides is 3. The van der Waals surface area contributed by atoms with Crippen LogP contribution in [-0.4, -0.2) is 28.0 Å². The largest absolute Gasteiger partial charge is 0.507 e. The number of aromatic carboxylic acids is 1. The molecule has 0 heterocycles. The number of carbonyl (C=O) groups is 3. The number of phenols is 1. The molecule has 0 unspecified atom stereocenters. The zero-order chi connectivity index (χ0) is 18.8. The van der Waals surface area contributed by atoms with E-state index in [4.69, 9.17) is 5.11 Å². The molecule has 25 heavy (non-hydrogen) atoms. The predicted octanol–water partition coefficient (Wildman–Crippen LogP) is 2.68. The molecular formula is C16H10F3NO5. The van der Waals surface area contributed by atoms with Crippen LogP contribution in [0.25, 0.3) is 0 Å². The van der Waals surface area contributed by atoms with Crippen LogP contribution in [0.3, 0.4) is 0 Å². The molecule has 2 aromatic rings. The van der Waals surface area contributed by atoms with Crippen molar-refractivity contribution < 1.29 is 37.8 Å². The van der Waals surface area contributed by atoms with Gasteiger partial charge in [0.2, 0.25) is 0 Å². The third-order valence-electron chi connectivity index (χ3n) is 3.19. The monoisotopic (exact) mass is 353 g/mol. The zero-order valence-corrected chi connectivity index (χ0v) is 12.3. The molecular weight excluding hydrogens is 343 g/mol. The maximum Gasteiger partial charge on any atom is 0.416 e. The molecule has 2 aromatic carbocycles. The molecule has 0 saturated heterocycles. The number of nitrogens with one attached hydrogen (secondary N) is 1. The summed E-state index contributed by atoms with van der Waals surface area (Å²) < 4.78 is 37.5. The van der Waals surface area contributed by atoms with E-state index in [1.807, 2.05) is 5.32 Å². The Bertz CT molecular complexity index is 844. The van der Waals surface area contributed by atoms with Gasteiger partial charge in [0, 0.05) is 5.56 Å². The van der Waals surface area contributed by atoms with Crippen molar-refractivity contribution in [2.45, 2.75) is 6.18 Å². The molecule has 0 aliphatic heterocycles. The van der Waals surface area contributed by atoms with E-state index in [1.165, 1.54) is 12.1 Å². The average Bonchev–Trinajstić information content (AvgIpc) is 2.53. The number of amides is 2. The van der Waals surface area contributed by atoms with E-state index in [-0.39, 0.29) is 11.1 Å². The van der Waals surface area contributed by atoms with Gasteiger partial charge in [-0.05, 0) is 42.5 Å². The fourth-order valence-electron chi connectivity index (χ4n) is 1.91. The number of imide groups is 1. The smallest absolute Gasteiger partial charge is 0.416 e. The highest BCUT2D eigenvalue weighted by atomic mass is 19.4. The Hall–Kier alpha value is -3.36. The number of benzene rings is 2. The average molecular weight is 353 g/mol. The molecule has 130 valence electrons. The summed E-state index contributed by atoms with van der Waals surface area (Å²) in [4.78, 5) is 34.5. The molecule has 2 rings (SSSR count). The number of carboxylic acids is 1. The minimum absolute atomic E-state index is 0.0373. The van der Waals surface area contributed by atoms with Crippen molar-refractivity contribution in [3.63, 3.8) is 0 Å². The first-order chi connectivity index (χ1) is 11.6. The summed E-state index contributed by atoms with van der Waals surface area (Å²) in [5.41, 5.74) is -1.76. The zero-order valence-electron chi connectivity index (χ0n) is 12.3. The molecule has 3 N–H and O–H groups in total. The second-order valence-electron chi connectivity index (χ2n) is 4.90. The number of hydrogen-bond donors (Lipinski definition) is 3. The van der Waals surface area contributed by atoms with E-state index < -0.39 is 40.8 Å². The Balaban J connectivity index is 2.16. The van der Waals surface area contributed by atoms with Gasteiger partial charge in [-0.2, -0.15) is 13.2 Å². The maximum atomic E-state index is 12.5. The summed E-state index contributed by atoms with van der Waals surface area (Å²) in [7, 11) is 0. The molecule has 0 spiro atoms. The van der Waals surface area contributed by atoms with Crippen LogP contribution in [0.2, 0.25) is 0 Å². The number of carboxylic acid groups (broad SMARTS) is 1. The van der Waals surface area contributed by atoms with Gasteiger partial charge in [0.1, 0.15) is 5.75 Å². The summed E-state index contributed by atoms with van der Waals surface area (Å²) >= 11 is 0. The number of halogens is 3. The molecule has 0 radical (unpaired) electrons. The van der Waals surface area contributed by atoms with Crippen LogP contribution in [0.15, 0.2) is 42.5 Å². The van der Waals surface area contributed by atoms with Gasteiger partial charge in [-0.3, -0.25) is 14.9 Å². The lowest BCUT2D eigenvalue weighted by atomic mass is 10.1. The number of carbonyl (C=O) groups excluding carboxylic acids is 2. The molecule has 9 heteroatoms. The van der Waals surface area contributed by atoms with Crippen LogP contribution in [0.4, 0.5) is 13.2 Å². The Morgan fingerprint density at radius 1 is 0.880 bits per heavy atom. The van der Waals surface area contributed by atoms with Gasteiger partial charge in [0.05, 0.1) is 16.7 Å². The van der Waals surface area contributed by atoms with Crippen LogP contribution in [0.5, 0.6) is 5.75 Å². The van der Waals surface area contributed by atoms with Gasteiger partial charge in [0.15, 0.2) is 0 Å². The minimum Gasteiger partial charge on any atom is -0.507 e. The summed E-state index contributed by atoms with van der Waals surface area (Å²) in [6.45, 7) is 0. The number of aromatic hydroxyl groups is 1. The second kappa shape index (κ2) is 6.63. The SMILES string of the molecule is O=C(O)c1ccc(C(=O)NC(=O)c2ccc(C(F)(F)F)cc2O)cc1. The number of rotatable bonds is 3. The molecule has 0 fully saturated rings. The predicted molar refractivity (Wildman–Crippen MR) is 78.3 cm³/mol. The topological polar surface area (TPSA) is 104 Å². The van der Waals surface area contributed by atoms with Crippen molar-refractivity contribution in [2.75, 3.05) is 0 Å². The van der Waals surface area contributed by atoms with E-state index in [9.17, 15) is 32.7 Å². The minimum atomic E-state index is -4.69. The van der Waals surface area contributed by atoms with E-state index in [0.29, 0.717) is 12.1 Å². The van der Waals surface area contributed by atoms with Crippen molar-refractivity contribution in [3.05, 3.63) is 64.7 Å². The molecule has 0 saturated carbocycles. The Morgan fingerprint density at radius 3 is 1.92 bits per heavy atom. The lowest BCUT2D eigenvalue weighted by molar-refractivity contribution is -0.137. The van der Waals surface area contributed by atoms with Crippen molar-refractivity contribution in [2.24, 2.45) is 0 Å². The van der Waals surface area contributed by atoms with Gasteiger partial charge >= 0.3 is 12.1 Å². The standard InChI is InChI=1S/C16H10F3NO5/c17-16(18,19)10-5-6-11(12(21)7-10)14(23)20-13(22)8-1-3-9(4-2-8)15(24)25/h1-7,21H,(H,24,25)(H,20,22,23). The van der Waals surface area contributed by atoms with E-state index in [2.05, 4.69) is 0 Å². The summed E-state index contributed by atoms with van der Waals surface area (Å²) in [6, 6.07) is 6.35. The Kier molecular flexibility index (Phi) is 4.77. The van der Waals surface area contributed by atoms with Crippen LogP contribution in [0, 0.1) is 0 Å². The highest BCUT2D eigenvalue weighted by Crippen LogP contribution is 2.32. The maximum absolute atomic E-state index is 12.5. The fourth-order valence-corrected chi connectivity index (χ4v) is 1.91. The van der Waals surface area contributed by atoms with Crippen LogP contribution in [0.1, 0.15) is 36.6 Å². The van der Waals surface area contributed by atoms with E-state index in [1.54, 1.807) is 0 Å². The van der Waals surface area contributed by atoms with Gasteiger partial charge in [-0.15, -0.1) is 0 Å². The molecule has 0 atom stereocenters. The summed E-state index contributed by atoms with van der Waals surface area (Å²) in [6.07, 6.45) is -4.69. The highest BCUT2D eigenvalue weighted by Gasteiger charge is 2.31. The molecule has 2 amide bonds. The highest BCUT2D eigenvalue weighted by molar-refractivity contribution is 6.11. The van der Waals surface area contributed by atoms with Gasteiger partial charge in [-0.1, -0.05) is 0 Å². The lowest BCUT2D eigenvalue weighted by Crippen LogP contribution is -2.30. The first-order valence-electron chi connectivity index (χ1n) is 6.69. The van der Waals surface area contributed by atoms with Gasteiger partial charge < -0.3 is 10.2 Å². The molecule has 0 aliphatic carbocycles. The second-order valence-corrected chi connectivity index (χ2v) is 4.90. The first-order valence-corrected chi connectivity index (χ1v) is 6.69. The van der Waals surface area contributed by atoms with Crippen molar-refractivity contribution in [1.29, 1.82) is 0 Å². The van der Waals surface area contributed by atoms with Crippen LogP contribution < -0.4 is 5.32 Å². The Morgan fingerprint density at radius 2 is 1.44 bits per heavy atom. The van der Waals surface area contributed by atoms with Crippen molar-refractivity contribution in [3.8, 4) is 5.75 Å². The molecule has 0 aliphatic rings. The van der Waals surface area contributed by atoms with Crippen molar-refractivity contribution >= 4 is 17.8 Å². The van der Waals surface area contributed by atoms with Crippen molar-refractivity contribution in [1.82, 2.24) is 5.32 Å². The quantitative estimate of drug-likeness (QED) is 0.736. The summed E-state index contributed by atoms with van der Waals surface area (Å²) in [5, 5.41) is 20.2. The summed E-state index contributed by atoms with van der Waals surface area (Å²) in [5.74, 6) is -4.13. The van der Waals surface area contributed by atoms with Crippen LogP contribution >= 0.6 is 0 Å². The molecule has 6 nitrogen and oxygen atoms in total.